The zero-order valence-electron chi connectivity index (χ0n) is 15.5. The maximum Gasteiger partial charge on any atom is 0.257 e. The number of aromatic nitrogens is 3. The highest BCUT2D eigenvalue weighted by atomic mass is 16.5. The molecule has 0 aliphatic carbocycles. The second-order valence-electron chi connectivity index (χ2n) is 6.18. The van der Waals surface area contributed by atoms with Gasteiger partial charge in [-0.2, -0.15) is 4.98 Å². The van der Waals surface area contributed by atoms with Gasteiger partial charge in [0.15, 0.2) is 5.82 Å². The van der Waals surface area contributed by atoms with Crippen molar-refractivity contribution in [3.05, 3.63) is 48.2 Å². The van der Waals surface area contributed by atoms with Gasteiger partial charge in [0.25, 0.3) is 5.82 Å². The first-order chi connectivity index (χ1) is 13.5. The van der Waals surface area contributed by atoms with Gasteiger partial charge in [0.05, 0.1) is 6.20 Å². The molecule has 10 heteroatoms. The van der Waals surface area contributed by atoms with Gasteiger partial charge < -0.3 is 22.1 Å². The number of quaternary nitrogens is 1. The highest BCUT2D eigenvalue weighted by molar-refractivity contribution is 5.63. The molecule has 0 unspecified atom stereocenters. The maximum absolute atomic E-state index is 8.87. The molecule has 0 aliphatic heterocycles. The van der Waals surface area contributed by atoms with E-state index in [1.807, 2.05) is 42.0 Å². The number of nitrogens with two attached hydrogens (primary N) is 3. The van der Waals surface area contributed by atoms with Crippen LogP contribution in [0.1, 0.15) is 5.56 Å². The average Bonchev–Trinajstić information content (AvgIpc) is 2.69. The lowest BCUT2D eigenvalue weighted by atomic mass is 10.2. The van der Waals surface area contributed by atoms with E-state index < -0.39 is 0 Å². The third-order valence-corrected chi connectivity index (χ3v) is 3.99. The van der Waals surface area contributed by atoms with E-state index in [1.165, 1.54) is 5.56 Å². The van der Waals surface area contributed by atoms with E-state index in [2.05, 4.69) is 25.6 Å². The zero-order valence-corrected chi connectivity index (χ0v) is 15.5. The molecule has 2 aromatic heterocycles. The lowest BCUT2D eigenvalue weighted by Crippen LogP contribution is -2.71. The SMILES string of the molecule is Cc1ccc([NH2+]c2nc(NCCNc3ccc(NO)c(N)n3)ncc2N)cc1. The molecule has 3 rings (SSSR count). The Hall–Kier alpha value is -3.63. The Kier molecular flexibility index (Phi) is 6.04. The summed E-state index contributed by atoms with van der Waals surface area (Å²) in [7, 11) is 0. The molecule has 0 radical (unpaired) electrons. The quantitative estimate of drug-likeness (QED) is 0.172. The maximum atomic E-state index is 8.87. The summed E-state index contributed by atoms with van der Waals surface area (Å²) in [6.45, 7) is 3.18. The lowest BCUT2D eigenvalue weighted by Gasteiger charge is -2.10. The normalized spacial score (nSPS) is 10.5. The Labute approximate surface area is 162 Å². The van der Waals surface area contributed by atoms with Gasteiger partial charge in [0.1, 0.15) is 22.9 Å². The van der Waals surface area contributed by atoms with Crippen molar-refractivity contribution in [3.63, 3.8) is 0 Å². The first-order valence-corrected chi connectivity index (χ1v) is 8.73. The van der Waals surface area contributed by atoms with E-state index in [1.54, 1.807) is 18.3 Å². The molecule has 146 valence electrons. The first-order valence-electron chi connectivity index (χ1n) is 8.73. The van der Waals surface area contributed by atoms with Crippen LogP contribution in [0.3, 0.4) is 0 Å². The Morgan fingerprint density at radius 1 is 1.00 bits per heavy atom. The minimum absolute atomic E-state index is 0.207. The standard InChI is InChI=1S/C18H23N9O/c1-11-2-4-12(5-3-11)24-17-13(19)10-23-18(26-17)22-9-8-21-15-7-6-14(27-28)16(20)25-15/h2-7,10,27-28H,8-9,19H2,1H3,(H3,20,21,25)(H2,22,23,24,26)/p+1. The summed E-state index contributed by atoms with van der Waals surface area (Å²) in [5, 5.41) is 17.1. The van der Waals surface area contributed by atoms with Crippen molar-refractivity contribution in [1.82, 2.24) is 15.0 Å². The smallest absolute Gasteiger partial charge is 0.257 e. The molecule has 2 heterocycles. The van der Waals surface area contributed by atoms with E-state index in [4.69, 9.17) is 16.7 Å². The van der Waals surface area contributed by atoms with Crippen molar-refractivity contribution in [3.8, 4) is 0 Å². The van der Waals surface area contributed by atoms with Gasteiger partial charge in [0, 0.05) is 13.1 Å². The zero-order chi connectivity index (χ0) is 19.9. The fourth-order valence-corrected chi connectivity index (χ4v) is 2.46. The number of hydrogen-bond donors (Lipinski definition) is 7. The molecule has 0 fully saturated rings. The first kappa shape index (κ1) is 19.1. The van der Waals surface area contributed by atoms with Crippen LogP contribution in [0, 0.1) is 6.92 Å². The molecule has 0 bridgehead atoms. The number of nitrogens with zero attached hydrogens (tertiary/aromatic N) is 3. The molecular weight excluding hydrogens is 358 g/mol. The van der Waals surface area contributed by atoms with Gasteiger partial charge in [-0.1, -0.05) is 17.7 Å². The van der Waals surface area contributed by atoms with E-state index >= 15 is 0 Å². The number of pyridine rings is 1. The predicted molar refractivity (Wildman–Crippen MR) is 110 cm³/mol. The monoisotopic (exact) mass is 382 g/mol. The van der Waals surface area contributed by atoms with Crippen molar-refractivity contribution < 1.29 is 10.5 Å². The van der Waals surface area contributed by atoms with Crippen LogP contribution >= 0.6 is 0 Å². The molecule has 0 saturated heterocycles. The van der Waals surface area contributed by atoms with E-state index in [-0.39, 0.29) is 5.82 Å². The summed E-state index contributed by atoms with van der Waals surface area (Å²) in [6.07, 6.45) is 1.59. The van der Waals surface area contributed by atoms with Crippen molar-refractivity contribution in [2.24, 2.45) is 0 Å². The summed E-state index contributed by atoms with van der Waals surface area (Å²) in [5.41, 5.74) is 16.8. The summed E-state index contributed by atoms with van der Waals surface area (Å²) < 4.78 is 0. The van der Waals surface area contributed by atoms with E-state index in [0.717, 1.165) is 5.69 Å². The lowest BCUT2D eigenvalue weighted by molar-refractivity contribution is -0.482. The van der Waals surface area contributed by atoms with Gasteiger partial charge >= 0.3 is 0 Å². The molecule has 1 aromatic carbocycles. The van der Waals surface area contributed by atoms with Gasteiger partial charge in [-0.05, 0) is 31.2 Å². The number of aryl methyl sites for hydroxylation is 1. The molecule has 10 N–H and O–H groups in total. The molecule has 0 amide bonds. The number of rotatable bonds is 8. The van der Waals surface area contributed by atoms with Crippen molar-refractivity contribution in [1.29, 1.82) is 0 Å². The van der Waals surface area contributed by atoms with Crippen molar-refractivity contribution in [2.45, 2.75) is 6.92 Å². The third-order valence-electron chi connectivity index (χ3n) is 3.99. The summed E-state index contributed by atoms with van der Waals surface area (Å²) in [4.78, 5) is 12.8. The average molecular weight is 382 g/mol. The molecule has 0 atom stereocenters. The van der Waals surface area contributed by atoms with Crippen LogP contribution in [0.15, 0.2) is 42.6 Å². The summed E-state index contributed by atoms with van der Waals surface area (Å²) in [6, 6.07) is 11.5. The minimum atomic E-state index is 0.207. The topological polar surface area (TPSA) is 164 Å². The number of anilines is 5. The second-order valence-corrected chi connectivity index (χ2v) is 6.18. The van der Waals surface area contributed by atoms with Gasteiger partial charge in [0.2, 0.25) is 5.95 Å². The number of nitrogen functional groups attached to an aromatic ring is 2. The van der Waals surface area contributed by atoms with Crippen LogP contribution < -0.4 is 32.9 Å². The third kappa shape index (κ3) is 4.96. The van der Waals surface area contributed by atoms with Gasteiger partial charge in [-0.25, -0.2) is 9.97 Å². The largest absolute Gasteiger partial charge is 0.391 e. The fraction of sp³-hybridized carbons (Fsp3) is 0.167. The van der Waals surface area contributed by atoms with Crippen LogP contribution in [0.5, 0.6) is 0 Å². The molecular formula is C18H24N9O+. The fourth-order valence-electron chi connectivity index (χ4n) is 2.46. The Morgan fingerprint density at radius 3 is 2.46 bits per heavy atom. The minimum Gasteiger partial charge on any atom is -0.391 e. The number of nitrogens with one attached hydrogen (secondary N) is 3. The van der Waals surface area contributed by atoms with Crippen LogP contribution in [0.2, 0.25) is 0 Å². The van der Waals surface area contributed by atoms with Gasteiger partial charge in [-0.3, -0.25) is 16.0 Å². The molecule has 28 heavy (non-hydrogen) atoms. The molecule has 0 spiro atoms. The van der Waals surface area contributed by atoms with E-state index in [9.17, 15) is 0 Å². The van der Waals surface area contributed by atoms with Crippen LogP contribution in [0.4, 0.5) is 40.5 Å². The summed E-state index contributed by atoms with van der Waals surface area (Å²) >= 11 is 0. The Balaban J connectivity index is 1.54. The highest BCUT2D eigenvalue weighted by Gasteiger charge is 2.10. The van der Waals surface area contributed by atoms with Crippen LogP contribution in [-0.4, -0.2) is 33.2 Å². The van der Waals surface area contributed by atoms with Crippen molar-refractivity contribution >= 4 is 40.5 Å². The number of benzene rings is 1. The molecule has 10 nitrogen and oxygen atoms in total. The highest BCUT2D eigenvalue weighted by Crippen LogP contribution is 2.17. The predicted octanol–water partition coefficient (Wildman–Crippen LogP) is 1.20. The van der Waals surface area contributed by atoms with Crippen molar-refractivity contribution in [2.75, 3.05) is 40.7 Å². The molecule has 3 aromatic rings. The van der Waals surface area contributed by atoms with Gasteiger partial charge in [-0.15, -0.1) is 0 Å². The molecule has 0 saturated carbocycles. The Morgan fingerprint density at radius 2 is 1.75 bits per heavy atom. The van der Waals surface area contributed by atoms with Crippen LogP contribution in [-0.2, 0) is 0 Å². The summed E-state index contributed by atoms with van der Waals surface area (Å²) in [5.74, 6) is 1.96. The molecule has 0 aliphatic rings. The van der Waals surface area contributed by atoms with Crippen LogP contribution in [0.25, 0.3) is 0 Å². The number of hydrogen-bond acceptors (Lipinski definition) is 9. The van der Waals surface area contributed by atoms with E-state index in [0.29, 0.717) is 42.0 Å². The Bertz CT molecular complexity index is 931. The second kappa shape index (κ2) is 8.84.